The lowest BCUT2D eigenvalue weighted by Crippen LogP contribution is -2.29. The normalized spacial score (nSPS) is 19.3. The molecule has 7 heteroatoms. The summed E-state index contributed by atoms with van der Waals surface area (Å²) in [5, 5.41) is 11.2. The molecule has 1 heterocycles. The maximum absolute atomic E-state index is 13.3. The Morgan fingerprint density at radius 1 is 1.12 bits per heavy atom. The van der Waals surface area contributed by atoms with E-state index >= 15 is 0 Å². The topological polar surface area (TPSA) is 68.0 Å². The molecule has 2 aliphatic carbocycles. The number of amides is 1. The number of carbonyl (C=O) groups is 1. The van der Waals surface area contributed by atoms with Crippen LogP contribution in [0.5, 0.6) is 0 Å². The predicted octanol–water partition coefficient (Wildman–Crippen LogP) is 4.37. The van der Waals surface area contributed by atoms with Crippen molar-refractivity contribution in [3.8, 4) is 0 Å². The molecule has 0 saturated heterocycles. The third kappa shape index (κ3) is 4.26. The van der Waals surface area contributed by atoms with E-state index in [4.69, 9.17) is 4.42 Å². The Labute approximate surface area is 156 Å². The summed E-state index contributed by atoms with van der Waals surface area (Å²) in [4.78, 5) is 12.7. The van der Waals surface area contributed by atoms with Crippen molar-refractivity contribution in [3.63, 3.8) is 0 Å². The summed E-state index contributed by atoms with van der Waals surface area (Å²) < 4.78 is 19.1. The molecule has 0 aliphatic heterocycles. The van der Waals surface area contributed by atoms with Gasteiger partial charge in [-0.3, -0.25) is 4.79 Å². The van der Waals surface area contributed by atoms with Crippen molar-refractivity contribution < 1.29 is 13.6 Å². The van der Waals surface area contributed by atoms with Gasteiger partial charge in [-0.05, 0) is 55.1 Å². The average Bonchev–Trinajstić information content (AvgIpc) is 3.35. The van der Waals surface area contributed by atoms with Crippen LogP contribution in [0.1, 0.15) is 67.6 Å². The van der Waals surface area contributed by atoms with Gasteiger partial charge in [-0.1, -0.05) is 31.4 Å². The van der Waals surface area contributed by atoms with E-state index in [9.17, 15) is 9.18 Å². The fourth-order valence-corrected chi connectivity index (χ4v) is 4.19. The third-order valence-corrected chi connectivity index (χ3v) is 6.02. The number of thioether (sulfide) groups is 1. The number of carbonyl (C=O) groups excluding carboxylic acids is 1. The Morgan fingerprint density at radius 3 is 2.54 bits per heavy atom. The second kappa shape index (κ2) is 7.78. The summed E-state index contributed by atoms with van der Waals surface area (Å²) in [6.07, 6.45) is 7.83. The average molecular weight is 375 g/mol. The molecule has 0 bridgehead atoms. The fraction of sp³-hybridized carbons (Fsp3) is 0.526. The molecule has 2 fully saturated rings. The van der Waals surface area contributed by atoms with Crippen molar-refractivity contribution in [1.29, 1.82) is 0 Å². The van der Waals surface area contributed by atoms with Crippen molar-refractivity contribution in [2.45, 2.75) is 67.4 Å². The predicted molar refractivity (Wildman–Crippen MR) is 96.3 cm³/mol. The smallest absolute Gasteiger partial charge is 0.277 e. The van der Waals surface area contributed by atoms with Gasteiger partial charge in [-0.25, -0.2) is 4.39 Å². The molecule has 138 valence electrons. The van der Waals surface area contributed by atoms with E-state index in [2.05, 4.69) is 15.5 Å². The van der Waals surface area contributed by atoms with E-state index in [0.717, 1.165) is 31.2 Å². The van der Waals surface area contributed by atoms with Crippen LogP contribution in [0.2, 0.25) is 0 Å². The number of halogens is 1. The second-order valence-electron chi connectivity index (χ2n) is 7.07. The van der Waals surface area contributed by atoms with Crippen molar-refractivity contribution in [2.75, 3.05) is 0 Å². The maximum atomic E-state index is 13.3. The van der Waals surface area contributed by atoms with Crippen LogP contribution in [0.3, 0.4) is 0 Å². The highest BCUT2D eigenvalue weighted by Gasteiger charge is 2.31. The van der Waals surface area contributed by atoms with Crippen LogP contribution in [0.25, 0.3) is 0 Å². The van der Waals surface area contributed by atoms with Gasteiger partial charge in [0.25, 0.3) is 5.22 Å². The number of nitrogens with zero attached hydrogens (tertiary/aromatic N) is 2. The summed E-state index contributed by atoms with van der Waals surface area (Å²) in [5.74, 6) is 0.585. The van der Waals surface area contributed by atoms with Crippen LogP contribution in [0.4, 0.5) is 4.39 Å². The first-order chi connectivity index (χ1) is 12.7. The maximum Gasteiger partial charge on any atom is 0.277 e. The molecular formula is C19H22FN3O2S. The van der Waals surface area contributed by atoms with Crippen LogP contribution in [0.15, 0.2) is 33.9 Å². The highest BCUT2D eigenvalue weighted by Crippen LogP contribution is 2.38. The molecule has 4 rings (SSSR count). The van der Waals surface area contributed by atoms with Crippen molar-refractivity contribution in [3.05, 3.63) is 41.5 Å². The Balaban J connectivity index is 1.51. The van der Waals surface area contributed by atoms with Gasteiger partial charge in [0, 0.05) is 12.0 Å². The first kappa shape index (κ1) is 17.5. The summed E-state index contributed by atoms with van der Waals surface area (Å²) in [6, 6.07) is 6.27. The van der Waals surface area contributed by atoms with E-state index in [1.54, 1.807) is 12.1 Å². The summed E-state index contributed by atoms with van der Waals surface area (Å²) in [6.45, 7) is 0. The summed E-state index contributed by atoms with van der Waals surface area (Å²) in [7, 11) is 0. The van der Waals surface area contributed by atoms with Gasteiger partial charge < -0.3 is 9.73 Å². The highest BCUT2D eigenvalue weighted by atomic mass is 32.2. The molecule has 2 aromatic rings. The van der Waals surface area contributed by atoms with Gasteiger partial charge in [-0.15, -0.1) is 10.2 Å². The number of hydrogen-bond acceptors (Lipinski definition) is 5. The van der Waals surface area contributed by atoms with Gasteiger partial charge in [0.15, 0.2) is 0 Å². The van der Waals surface area contributed by atoms with Crippen molar-refractivity contribution >= 4 is 17.7 Å². The molecule has 0 radical (unpaired) electrons. The molecule has 26 heavy (non-hydrogen) atoms. The van der Waals surface area contributed by atoms with E-state index < -0.39 is 5.25 Å². The minimum absolute atomic E-state index is 0.0958. The minimum atomic E-state index is -0.532. The first-order valence-corrected chi connectivity index (χ1v) is 10.1. The van der Waals surface area contributed by atoms with Gasteiger partial charge in [0.2, 0.25) is 11.8 Å². The Bertz CT molecular complexity index is 754. The van der Waals surface area contributed by atoms with Gasteiger partial charge >= 0.3 is 0 Å². The molecule has 2 aliphatic rings. The number of rotatable bonds is 6. The molecule has 2 saturated carbocycles. The molecule has 1 aromatic heterocycles. The lowest BCUT2D eigenvalue weighted by Gasteiger charge is -2.17. The second-order valence-corrected chi connectivity index (χ2v) is 8.13. The molecule has 1 atom stereocenters. The Morgan fingerprint density at radius 2 is 1.85 bits per heavy atom. The zero-order valence-corrected chi connectivity index (χ0v) is 15.3. The first-order valence-electron chi connectivity index (χ1n) is 9.25. The molecule has 5 nitrogen and oxygen atoms in total. The SMILES string of the molecule is O=C(NC1CC1)C(Sc1nnc(C2CCCCC2)o1)c1ccc(F)cc1. The zero-order valence-electron chi connectivity index (χ0n) is 14.5. The van der Waals surface area contributed by atoms with Crippen LogP contribution < -0.4 is 5.32 Å². The van der Waals surface area contributed by atoms with Gasteiger partial charge in [0.05, 0.1) is 0 Å². The van der Waals surface area contributed by atoms with E-state index in [-0.39, 0.29) is 17.8 Å². The molecule has 1 amide bonds. The largest absolute Gasteiger partial charge is 0.416 e. The standard InChI is InChI=1S/C19H22FN3O2S/c20-14-8-6-12(7-9-14)16(17(24)21-15-10-11-15)26-19-23-22-18(25-19)13-4-2-1-3-5-13/h6-9,13,15-16H,1-5,10-11H2,(H,21,24). The molecule has 1 aromatic carbocycles. The van der Waals surface area contributed by atoms with Crippen LogP contribution >= 0.6 is 11.8 Å². The highest BCUT2D eigenvalue weighted by molar-refractivity contribution is 8.00. The molecule has 0 spiro atoms. The van der Waals surface area contributed by atoms with Gasteiger partial charge in [0.1, 0.15) is 11.1 Å². The van der Waals surface area contributed by atoms with Crippen LogP contribution in [0, 0.1) is 5.82 Å². The number of aromatic nitrogens is 2. The van der Waals surface area contributed by atoms with E-state index in [1.807, 2.05) is 0 Å². The third-order valence-electron chi connectivity index (χ3n) is 4.93. The number of benzene rings is 1. The Kier molecular flexibility index (Phi) is 5.24. The van der Waals surface area contributed by atoms with Gasteiger partial charge in [-0.2, -0.15) is 0 Å². The lowest BCUT2D eigenvalue weighted by molar-refractivity contribution is -0.120. The fourth-order valence-electron chi connectivity index (χ4n) is 3.30. The summed E-state index contributed by atoms with van der Waals surface area (Å²) in [5.41, 5.74) is 0.729. The van der Waals surface area contributed by atoms with Crippen LogP contribution in [-0.2, 0) is 4.79 Å². The number of hydrogen-bond donors (Lipinski definition) is 1. The van der Waals surface area contributed by atoms with E-state index in [0.29, 0.717) is 17.0 Å². The monoisotopic (exact) mass is 375 g/mol. The number of nitrogens with one attached hydrogen (secondary N) is 1. The summed E-state index contributed by atoms with van der Waals surface area (Å²) >= 11 is 1.24. The molecular weight excluding hydrogens is 353 g/mol. The minimum Gasteiger partial charge on any atom is -0.416 e. The Hall–Kier alpha value is -1.89. The quantitative estimate of drug-likeness (QED) is 0.760. The van der Waals surface area contributed by atoms with Crippen LogP contribution in [-0.4, -0.2) is 22.1 Å². The zero-order chi connectivity index (χ0) is 17.9. The van der Waals surface area contributed by atoms with E-state index in [1.165, 1.54) is 43.2 Å². The molecule has 1 unspecified atom stereocenters. The molecule has 1 N–H and O–H groups in total. The lowest BCUT2D eigenvalue weighted by atomic mass is 9.89. The van der Waals surface area contributed by atoms with Crippen molar-refractivity contribution in [1.82, 2.24) is 15.5 Å². The van der Waals surface area contributed by atoms with Crippen molar-refractivity contribution in [2.24, 2.45) is 0 Å².